The summed E-state index contributed by atoms with van der Waals surface area (Å²) in [7, 11) is 1.55. The Labute approximate surface area is 200 Å². The minimum Gasteiger partial charge on any atom is -0.496 e. The van der Waals surface area contributed by atoms with Crippen LogP contribution in [0.2, 0.25) is 0 Å². The van der Waals surface area contributed by atoms with Gasteiger partial charge in [-0.25, -0.2) is 4.39 Å². The zero-order valence-corrected chi connectivity index (χ0v) is 20.2. The highest BCUT2D eigenvalue weighted by Gasteiger charge is 2.45. The van der Waals surface area contributed by atoms with Crippen molar-refractivity contribution >= 4 is 23.1 Å². The van der Waals surface area contributed by atoms with Crippen molar-refractivity contribution in [1.29, 1.82) is 0 Å². The SMILES string of the molecule is COc1cc(C)c(Cc2ccc(-c3ccc(F)cc3)s2)cc1C1O[C@H](SC)[C@@H](O)[C@H](O)[C@H]1O. The molecule has 1 aliphatic rings. The molecule has 4 rings (SSSR count). The van der Waals surface area contributed by atoms with E-state index in [1.54, 1.807) is 36.8 Å². The summed E-state index contributed by atoms with van der Waals surface area (Å²) in [6.07, 6.45) is -2.20. The predicted molar refractivity (Wildman–Crippen MR) is 129 cm³/mol. The van der Waals surface area contributed by atoms with Crippen LogP contribution in [0.1, 0.15) is 27.7 Å². The quantitative estimate of drug-likeness (QED) is 0.478. The van der Waals surface area contributed by atoms with Crippen molar-refractivity contribution in [2.24, 2.45) is 0 Å². The zero-order valence-electron chi connectivity index (χ0n) is 18.6. The number of halogens is 1. The van der Waals surface area contributed by atoms with Gasteiger partial charge in [-0.05, 0) is 66.3 Å². The van der Waals surface area contributed by atoms with Crippen LogP contribution in [0.4, 0.5) is 4.39 Å². The minimum atomic E-state index is -1.33. The summed E-state index contributed by atoms with van der Waals surface area (Å²) in [5.41, 5.74) is 2.99. The Bertz CT molecular complexity index is 1100. The smallest absolute Gasteiger partial charge is 0.132 e. The second kappa shape index (κ2) is 10.1. The second-order valence-corrected chi connectivity index (χ2v) is 10.2. The lowest BCUT2D eigenvalue weighted by Crippen LogP contribution is -2.53. The summed E-state index contributed by atoms with van der Waals surface area (Å²) < 4.78 is 24.8. The third-order valence-electron chi connectivity index (χ3n) is 5.95. The largest absolute Gasteiger partial charge is 0.496 e. The number of hydrogen-bond donors (Lipinski definition) is 3. The Morgan fingerprint density at radius 1 is 1.03 bits per heavy atom. The molecule has 176 valence electrons. The number of ether oxygens (including phenoxy) is 2. The lowest BCUT2D eigenvalue weighted by molar-refractivity contribution is -0.200. The van der Waals surface area contributed by atoms with Crippen LogP contribution in [0.25, 0.3) is 10.4 Å². The van der Waals surface area contributed by atoms with Crippen LogP contribution in [0.5, 0.6) is 5.75 Å². The third kappa shape index (κ3) is 4.96. The van der Waals surface area contributed by atoms with Gasteiger partial charge in [0.1, 0.15) is 41.4 Å². The molecule has 1 saturated heterocycles. The molecule has 0 aliphatic carbocycles. The summed E-state index contributed by atoms with van der Waals surface area (Å²) in [5.74, 6) is 0.298. The Morgan fingerprint density at radius 3 is 2.42 bits per heavy atom. The van der Waals surface area contributed by atoms with Gasteiger partial charge in [0, 0.05) is 21.7 Å². The van der Waals surface area contributed by atoms with Crippen molar-refractivity contribution in [1.82, 2.24) is 0 Å². The maximum absolute atomic E-state index is 13.2. The molecule has 1 aliphatic heterocycles. The standard InChI is InChI=1S/C25H27FO5S2/c1-13-10-19(30-2)18(24-22(28)21(27)23(29)25(31-24)32-3)12-15(13)11-17-8-9-20(33-17)14-4-6-16(26)7-5-14/h4-10,12,21-25,27-29H,11H2,1-3H3/t21-,22-,23+,24?,25-/m1/s1. The highest BCUT2D eigenvalue weighted by molar-refractivity contribution is 7.99. The Kier molecular flexibility index (Phi) is 7.43. The lowest BCUT2D eigenvalue weighted by atomic mass is 9.91. The molecular formula is C25H27FO5S2. The van der Waals surface area contributed by atoms with E-state index in [2.05, 4.69) is 6.07 Å². The van der Waals surface area contributed by atoms with Gasteiger partial charge in [0.25, 0.3) is 0 Å². The number of benzene rings is 2. The van der Waals surface area contributed by atoms with E-state index >= 15 is 0 Å². The van der Waals surface area contributed by atoms with E-state index in [4.69, 9.17) is 9.47 Å². The normalized spacial score (nSPS) is 25.2. The van der Waals surface area contributed by atoms with Gasteiger partial charge in [0.15, 0.2) is 0 Å². The van der Waals surface area contributed by atoms with Gasteiger partial charge in [0.2, 0.25) is 0 Å². The summed E-state index contributed by atoms with van der Waals surface area (Å²) >= 11 is 2.92. The highest BCUT2D eigenvalue weighted by Crippen LogP contribution is 2.41. The zero-order chi connectivity index (χ0) is 23.7. The van der Waals surface area contributed by atoms with Crippen LogP contribution < -0.4 is 4.74 Å². The van der Waals surface area contributed by atoms with E-state index in [0.717, 1.165) is 26.4 Å². The number of aryl methyl sites for hydroxylation is 1. The number of thioether (sulfide) groups is 1. The molecule has 3 aromatic rings. The van der Waals surface area contributed by atoms with E-state index in [1.165, 1.54) is 23.9 Å². The average Bonchev–Trinajstić information content (AvgIpc) is 3.28. The molecule has 1 aromatic heterocycles. The fraction of sp³-hybridized carbons (Fsp3) is 0.360. The fourth-order valence-corrected chi connectivity index (χ4v) is 5.77. The average molecular weight is 491 g/mol. The highest BCUT2D eigenvalue weighted by atomic mass is 32.2. The Balaban J connectivity index is 1.64. The van der Waals surface area contributed by atoms with Gasteiger partial charge in [-0.1, -0.05) is 12.1 Å². The van der Waals surface area contributed by atoms with E-state index in [0.29, 0.717) is 17.7 Å². The van der Waals surface area contributed by atoms with Crippen LogP contribution in [-0.4, -0.2) is 52.4 Å². The molecule has 8 heteroatoms. The van der Waals surface area contributed by atoms with Crippen LogP contribution >= 0.6 is 23.1 Å². The molecule has 33 heavy (non-hydrogen) atoms. The van der Waals surface area contributed by atoms with Crippen molar-refractivity contribution in [2.75, 3.05) is 13.4 Å². The first-order valence-electron chi connectivity index (χ1n) is 10.6. The first-order chi connectivity index (χ1) is 15.8. The third-order valence-corrected chi connectivity index (χ3v) is 7.94. The number of hydrogen-bond acceptors (Lipinski definition) is 7. The van der Waals surface area contributed by atoms with Crippen LogP contribution in [-0.2, 0) is 11.2 Å². The molecule has 1 unspecified atom stereocenters. The van der Waals surface area contributed by atoms with Gasteiger partial charge in [-0.3, -0.25) is 0 Å². The number of rotatable bonds is 6. The first kappa shape index (κ1) is 24.2. The van der Waals surface area contributed by atoms with Crippen molar-refractivity contribution in [3.05, 3.63) is 75.9 Å². The second-order valence-electron chi connectivity index (χ2n) is 8.10. The van der Waals surface area contributed by atoms with E-state index < -0.39 is 29.9 Å². The molecular weight excluding hydrogens is 463 g/mol. The van der Waals surface area contributed by atoms with Gasteiger partial charge in [-0.2, -0.15) is 0 Å². The number of aliphatic hydroxyl groups is 3. The van der Waals surface area contributed by atoms with Gasteiger partial charge in [-0.15, -0.1) is 23.1 Å². The molecule has 2 aromatic carbocycles. The van der Waals surface area contributed by atoms with Crippen molar-refractivity contribution in [3.8, 4) is 16.2 Å². The molecule has 2 heterocycles. The van der Waals surface area contributed by atoms with E-state index in [1.807, 2.05) is 25.1 Å². The van der Waals surface area contributed by atoms with Crippen molar-refractivity contribution in [3.63, 3.8) is 0 Å². The Morgan fingerprint density at radius 2 is 1.76 bits per heavy atom. The molecule has 5 atom stereocenters. The molecule has 0 radical (unpaired) electrons. The fourth-order valence-electron chi connectivity index (χ4n) is 4.06. The number of methoxy groups -OCH3 is 1. The maximum atomic E-state index is 13.2. The van der Waals surface area contributed by atoms with Crippen LogP contribution in [0.15, 0.2) is 48.5 Å². The summed E-state index contributed by atoms with van der Waals surface area (Å²) in [5, 5.41) is 31.2. The summed E-state index contributed by atoms with van der Waals surface area (Å²) in [6.45, 7) is 2.00. The van der Waals surface area contributed by atoms with Crippen molar-refractivity contribution in [2.45, 2.75) is 43.2 Å². The molecule has 0 amide bonds. The number of thiophene rings is 1. The maximum Gasteiger partial charge on any atom is 0.132 e. The molecule has 0 saturated carbocycles. The number of aliphatic hydroxyl groups excluding tert-OH is 3. The molecule has 5 nitrogen and oxygen atoms in total. The van der Waals surface area contributed by atoms with Gasteiger partial charge in [0.05, 0.1) is 7.11 Å². The van der Waals surface area contributed by atoms with Crippen molar-refractivity contribution < 1.29 is 29.2 Å². The minimum absolute atomic E-state index is 0.259. The van der Waals surface area contributed by atoms with E-state index in [9.17, 15) is 19.7 Å². The molecule has 1 fully saturated rings. The Hall–Kier alpha value is -1.94. The lowest BCUT2D eigenvalue weighted by Gasteiger charge is -2.40. The van der Waals surface area contributed by atoms with Gasteiger partial charge >= 0.3 is 0 Å². The summed E-state index contributed by atoms with van der Waals surface area (Å²) in [4.78, 5) is 2.19. The molecule has 0 bridgehead atoms. The van der Waals surface area contributed by atoms with Gasteiger partial charge < -0.3 is 24.8 Å². The first-order valence-corrected chi connectivity index (χ1v) is 12.7. The molecule has 0 spiro atoms. The molecule has 3 N–H and O–H groups in total. The topological polar surface area (TPSA) is 79.2 Å². The predicted octanol–water partition coefficient (Wildman–Crippen LogP) is 4.31. The van der Waals surface area contributed by atoms with E-state index in [-0.39, 0.29) is 5.82 Å². The van der Waals surface area contributed by atoms with Crippen LogP contribution in [0, 0.1) is 12.7 Å². The van der Waals surface area contributed by atoms with Crippen LogP contribution in [0.3, 0.4) is 0 Å². The monoisotopic (exact) mass is 490 g/mol. The summed E-state index contributed by atoms with van der Waals surface area (Å²) in [6, 6.07) is 14.4.